The highest BCUT2D eigenvalue weighted by molar-refractivity contribution is 5.87. The van der Waals surface area contributed by atoms with Gasteiger partial charge in [0.2, 0.25) is 0 Å². The third-order valence-electron chi connectivity index (χ3n) is 4.33. The minimum Gasteiger partial charge on any atom is -0.456 e. The molecule has 0 bridgehead atoms. The first kappa shape index (κ1) is 13.8. The van der Waals surface area contributed by atoms with E-state index in [-0.39, 0.29) is 5.43 Å². The molecule has 0 radical (unpaired) electrons. The van der Waals surface area contributed by atoms with E-state index in [9.17, 15) is 4.79 Å². The highest BCUT2D eigenvalue weighted by Gasteiger charge is 2.23. The van der Waals surface area contributed by atoms with Crippen LogP contribution >= 0.6 is 0 Å². The third kappa shape index (κ3) is 2.34. The molecule has 0 spiro atoms. The molecular weight excluding hydrogens is 286 g/mol. The highest BCUT2D eigenvalue weighted by atomic mass is 16.3. The van der Waals surface area contributed by atoms with Crippen LogP contribution in [-0.2, 0) is 6.42 Å². The lowest BCUT2D eigenvalue weighted by atomic mass is 10.1. The van der Waals surface area contributed by atoms with Crippen LogP contribution in [0.25, 0.3) is 22.6 Å². The van der Waals surface area contributed by atoms with E-state index in [1.54, 1.807) is 18.2 Å². The Bertz CT molecular complexity index is 1010. The number of hydrogen-bond acceptors (Lipinski definition) is 3. The van der Waals surface area contributed by atoms with Gasteiger partial charge in [0.05, 0.1) is 5.39 Å². The van der Waals surface area contributed by atoms with Crippen molar-refractivity contribution >= 4 is 28.3 Å². The lowest BCUT2D eigenvalue weighted by molar-refractivity contribution is 0.585. The molecule has 2 aromatic carbocycles. The van der Waals surface area contributed by atoms with Crippen molar-refractivity contribution in [2.75, 3.05) is 5.73 Å². The largest absolute Gasteiger partial charge is 0.456 e. The number of benzene rings is 2. The van der Waals surface area contributed by atoms with Gasteiger partial charge in [0.25, 0.3) is 0 Å². The molecule has 1 aromatic heterocycles. The Morgan fingerprint density at radius 3 is 2.83 bits per heavy atom. The fourth-order valence-corrected chi connectivity index (χ4v) is 3.21. The zero-order chi connectivity index (χ0) is 16.0. The van der Waals surface area contributed by atoms with Crippen molar-refractivity contribution in [2.24, 2.45) is 0 Å². The molecule has 0 saturated heterocycles. The van der Waals surface area contributed by atoms with Crippen molar-refractivity contribution in [3.63, 3.8) is 0 Å². The fourth-order valence-electron chi connectivity index (χ4n) is 3.21. The van der Waals surface area contributed by atoms with Gasteiger partial charge in [-0.25, -0.2) is 0 Å². The van der Waals surface area contributed by atoms with Crippen molar-refractivity contribution in [1.82, 2.24) is 0 Å². The van der Waals surface area contributed by atoms with Gasteiger partial charge >= 0.3 is 0 Å². The summed E-state index contributed by atoms with van der Waals surface area (Å²) in [6, 6.07) is 13.5. The van der Waals surface area contributed by atoms with E-state index in [0.717, 1.165) is 35.3 Å². The van der Waals surface area contributed by atoms with Crippen LogP contribution in [0.3, 0.4) is 0 Å². The lowest BCUT2D eigenvalue weighted by Crippen LogP contribution is -2.08. The Labute approximate surface area is 134 Å². The van der Waals surface area contributed by atoms with E-state index in [1.165, 1.54) is 5.56 Å². The molecular formula is C20H17NO2. The molecule has 3 aromatic rings. The average molecular weight is 303 g/mol. The summed E-state index contributed by atoms with van der Waals surface area (Å²) in [7, 11) is 0. The highest BCUT2D eigenvalue weighted by Crippen LogP contribution is 2.34. The van der Waals surface area contributed by atoms with Crippen LogP contribution in [0.5, 0.6) is 0 Å². The number of nitrogen functional groups attached to an aromatic ring is 1. The summed E-state index contributed by atoms with van der Waals surface area (Å²) in [6.07, 6.45) is 3.67. The van der Waals surface area contributed by atoms with E-state index in [4.69, 9.17) is 10.2 Å². The number of fused-ring (bicyclic) bond motifs is 2. The summed E-state index contributed by atoms with van der Waals surface area (Å²) in [4.78, 5) is 12.7. The Hall–Kier alpha value is -2.81. The molecule has 3 heteroatoms. The van der Waals surface area contributed by atoms with Crippen LogP contribution in [0.4, 0.5) is 5.69 Å². The summed E-state index contributed by atoms with van der Waals surface area (Å²) in [5.74, 6) is 0.717. The first-order valence-electron chi connectivity index (χ1n) is 7.74. The maximum absolute atomic E-state index is 12.7. The second-order valence-corrected chi connectivity index (χ2v) is 6.08. The maximum atomic E-state index is 12.7. The molecule has 3 nitrogen and oxygen atoms in total. The van der Waals surface area contributed by atoms with Gasteiger partial charge in [0.15, 0.2) is 5.43 Å². The van der Waals surface area contributed by atoms with Gasteiger partial charge in [0, 0.05) is 17.3 Å². The van der Waals surface area contributed by atoms with E-state index in [0.29, 0.717) is 16.7 Å². The summed E-state index contributed by atoms with van der Waals surface area (Å²) < 4.78 is 6.03. The average Bonchev–Trinajstić information content (AvgIpc) is 2.90. The Balaban J connectivity index is 1.91. The minimum atomic E-state index is 0.0638. The monoisotopic (exact) mass is 303 g/mol. The summed E-state index contributed by atoms with van der Waals surface area (Å²) in [6.45, 7) is 2.07. The van der Waals surface area contributed by atoms with Crippen molar-refractivity contribution in [3.05, 3.63) is 75.1 Å². The molecule has 0 aliphatic heterocycles. The normalized spacial score (nSPS) is 15.3. The number of nitrogens with two attached hydrogens (primary N) is 1. The molecule has 0 amide bonds. The van der Waals surface area contributed by atoms with Gasteiger partial charge < -0.3 is 10.2 Å². The van der Waals surface area contributed by atoms with E-state index in [1.807, 2.05) is 6.07 Å². The molecule has 2 N–H and O–H groups in total. The fraction of sp³-hybridized carbons (Fsp3) is 0.150. The molecule has 0 unspecified atom stereocenters. The number of aryl methyl sites for hydroxylation is 1. The van der Waals surface area contributed by atoms with Gasteiger partial charge in [-0.15, -0.1) is 0 Å². The molecule has 0 fully saturated rings. The molecule has 0 saturated carbocycles. The van der Waals surface area contributed by atoms with E-state index in [2.05, 4.69) is 31.2 Å². The first-order chi connectivity index (χ1) is 11.1. The summed E-state index contributed by atoms with van der Waals surface area (Å²) >= 11 is 0. The van der Waals surface area contributed by atoms with Gasteiger partial charge in [-0.1, -0.05) is 29.8 Å². The maximum Gasteiger partial charge on any atom is 0.196 e. The predicted octanol–water partition coefficient (Wildman–Crippen LogP) is 4.17. The summed E-state index contributed by atoms with van der Waals surface area (Å²) in [5.41, 5.74) is 11.2. The van der Waals surface area contributed by atoms with Crippen LogP contribution in [0.1, 0.15) is 28.9 Å². The zero-order valence-corrected chi connectivity index (χ0v) is 12.9. The molecule has 114 valence electrons. The molecule has 1 heterocycles. The summed E-state index contributed by atoms with van der Waals surface area (Å²) in [5, 5.41) is 0.606. The predicted molar refractivity (Wildman–Crippen MR) is 94.3 cm³/mol. The smallest absolute Gasteiger partial charge is 0.196 e. The van der Waals surface area contributed by atoms with Crippen molar-refractivity contribution in [2.45, 2.75) is 19.8 Å². The standard InChI is InChI=1S/C20H17NO2/c1-12-3-2-4-13(9-12)10-14-5-7-17-19(22)16-8-6-15(21)11-18(16)23-20(14)17/h2-4,6,8-11H,5,7,21H2,1H3. The van der Waals surface area contributed by atoms with Crippen LogP contribution in [0, 0.1) is 6.92 Å². The quantitative estimate of drug-likeness (QED) is 0.686. The van der Waals surface area contributed by atoms with Crippen LogP contribution < -0.4 is 11.2 Å². The molecule has 23 heavy (non-hydrogen) atoms. The molecule has 4 rings (SSSR count). The SMILES string of the molecule is Cc1cccc(C=C2CCc3c2oc2cc(N)ccc2c3=O)c1. The number of rotatable bonds is 1. The van der Waals surface area contributed by atoms with Crippen LogP contribution in [0.2, 0.25) is 0 Å². The zero-order valence-electron chi connectivity index (χ0n) is 12.9. The minimum absolute atomic E-state index is 0.0638. The van der Waals surface area contributed by atoms with Crippen molar-refractivity contribution in [3.8, 4) is 0 Å². The molecule has 1 aliphatic carbocycles. The second-order valence-electron chi connectivity index (χ2n) is 6.08. The number of anilines is 1. The topological polar surface area (TPSA) is 56.2 Å². The van der Waals surface area contributed by atoms with Crippen molar-refractivity contribution < 1.29 is 4.42 Å². The second kappa shape index (κ2) is 5.13. The lowest BCUT2D eigenvalue weighted by Gasteiger charge is -2.05. The van der Waals surface area contributed by atoms with Crippen LogP contribution in [-0.4, -0.2) is 0 Å². The number of hydrogen-bond donors (Lipinski definition) is 1. The van der Waals surface area contributed by atoms with E-state index < -0.39 is 0 Å². The molecule has 1 aliphatic rings. The first-order valence-corrected chi connectivity index (χ1v) is 7.74. The van der Waals surface area contributed by atoms with E-state index >= 15 is 0 Å². The van der Waals surface area contributed by atoms with Gasteiger partial charge in [-0.3, -0.25) is 4.79 Å². The van der Waals surface area contributed by atoms with Gasteiger partial charge in [-0.2, -0.15) is 0 Å². The molecule has 0 atom stereocenters. The van der Waals surface area contributed by atoms with Crippen LogP contribution in [0.15, 0.2) is 51.7 Å². The third-order valence-corrected chi connectivity index (χ3v) is 4.33. The van der Waals surface area contributed by atoms with Gasteiger partial charge in [-0.05, 0) is 49.1 Å². The van der Waals surface area contributed by atoms with Crippen molar-refractivity contribution in [1.29, 1.82) is 0 Å². The Morgan fingerprint density at radius 2 is 2.00 bits per heavy atom. The Morgan fingerprint density at radius 1 is 1.13 bits per heavy atom. The van der Waals surface area contributed by atoms with Gasteiger partial charge in [0.1, 0.15) is 11.3 Å². The number of allylic oxidation sites excluding steroid dienone is 1. The Kier molecular flexibility index (Phi) is 3.08.